The van der Waals surface area contributed by atoms with Gasteiger partial charge >= 0.3 is 0 Å². The van der Waals surface area contributed by atoms with Gasteiger partial charge in [-0.25, -0.2) is 0 Å². The predicted octanol–water partition coefficient (Wildman–Crippen LogP) is 1.51. The molecule has 0 radical (unpaired) electrons. The highest BCUT2D eigenvalue weighted by atomic mass is 16.2. The average Bonchev–Trinajstić information content (AvgIpc) is 2.92. The first-order valence-electron chi connectivity index (χ1n) is 6.13. The number of hydrogen-bond donors (Lipinski definition) is 1. The van der Waals surface area contributed by atoms with Crippen LogP contribution in [0, 0.1) is 5.92 Å². The number of amides is 1. The third kappa shape index (κ3) is 2.17. The van der Waals surface area contributed by atoms with Gasteiger partial charge in [-0.3, -0.25) is 4.79 Å². The molecule has 2 aliphatic carbocycles. The Hall–Kier alpha value is -0.570. The lowest BCUT2D eigenvalue weighted by molar-refractivity contribution is -0.142. The summed E-state index contributed by atoms with van der Waals surface area (Å²) in [6.07, 6.45) is 5.43. The van der Waals surface area contributed by atoms with Crippen molar-refractivity contribution in [2.45, 2.75) is 57.5 Å². The van der Waals surface area contributed by atoms with Crippen LogP contribution in [0.25, 0.3) is 0 Å². The van der Waals surface area contributed by atoms with Gasteiger partial charge in [0.1, 0.15) is 0 Å². The van der Waals surface area contributed by atoms with Gasteiger partial charge < -0.3 is 10.6 Å². The fourth-order valence-electron chi connectivity index (χ4n) is 2.16. The van der Waals surface area contributed by atoms with E-state index in [4.69, 9.17) is 5.73 Å². The van der Waals surface area contributed by atoms with Crippen LogP contribution < -0.4 is 5.73 Å². The first-order valence-corrected chi connectivity index (χ1v) is 6.13. The highest BCUT2D eigenvalue weighted by Crippen LogP contribution is 2.35. The first-order chi connectivity index (χ1) is 7.03. The van der Waals surface area contributed by atoms with Crippen LogP contribution in [0.2, 0.25) is 0 Å². The van der Waals surface area contributed by atoms with Gasteiger partial charge in [0, 0.05) is 12.6 Å². The maximum Gasteiger partial charge on any atom is 0.242 e. The molecule has 2 saturated carbocycles. The van der Waals surface area contributed by atoms with Crippen LogP contribution in [0.15, 0.2) is 0 Å². The summed E-state index contributed by atoms with van der Waals surface area (Å²) in [7, 11) is 0. The molecular formula is C12H22N2O. The molecule has 2 rings (SSSR count). The summed E-state index contributed by atoms with van der Waals surface area (Å²) in [5.41, 5.74) is 5.58. The molecule has 3 nitrogen and oxygen atoms in total. The van der Waals surface area contributed by atoms with E-state index in [1.807, 2.05) is 4.90 Å². The van der Waals surface area contributed by atoms with Gasteiger partial charge in [0.2, 0.25) is 5.91 Å². The van der Waals surface area contributed by atoms with Crippen molar-refractivity contribution in [1.82, 2.24) is 4.90 Å². The molecule has 0 heterocycles. The van der Waals surface area contributed by atoms with E-state index < -0.39 is 5.54 Å². The fraction of sp³-hybridized carbons (Fsp3) is 0.917. The molecule has 86 valence electrons. The maximum absolute atomic E-state index is 12.3. The van der Waals surface area contributed by atoms with Crippen molar-refractivity contribution in [1.29, 1.82) is 0 Å². The molecule has 0 saturated heterocycles. The Labute approximate surface area is 92.0 Å². The van der Waals surface area contributed by atoms with Crippen molar-refractivity contribution in [2.24, 2.45) is 11.7 Å². The third-order valence-corrected chi connectivity index (χ3v) is 3.71. The molecular weight excluding hydrogens is 188 g/mol. The van der Waals surface area contributed by atoms with E-state index in [9.17, 15) is 4.79 Å². The number of hydrogen-bond acceptors (Lipinski definition) is 2. The lowest BCUT2D eigenvalue weighted by atomic mass is 9.76. The summed E-state index contributed by atoms with van der Waals surface area (Å²) < 4.78 is 0. The minimum Gasteiger partial charge on any atom is -0.338 e. The molecule has 0 aromatic heterocycles. The highest BCUT2D eigenvalue weighted by Gasteiger charge is 2.44. The third-order valence-electron chi connectivity index (χ3n) is 3.71. The molecule has 2 fully saturated rings. The molecule has 2 aliphatic rings. The van der Waals surface area contributed by atoms with E-state index in [2.05, 4.69) is 13.8 Å². The minimum atomic E-state index is -0.515. The molecule has 0 bridgehead atoms. The average molecular weight is 210 g/mol. The lowest BCUT2D eigenvalue weighted by Gasteiger charge is -2.42. The minimum absolute atomic E-state index is 0.190. The second-order valence-corrected chi connectivity index (χ2v) is 5.50. The smallest absolute Gasteiger partial charge is 0.242 e. The summed E-state index contributed by atoms with van der Waals surface area (Å²) in [5, 5.41) is 0. The van der Waals surface area contributed by atoms with Crippen LogP contribution in [0.5, 0.6) is 0 Å². The lowest BCUT2D eigenvalue weighted by Crippen LogP contribution is -2.61. The molecule has 3 heteroatoms. The second kappa shape index (κ2) is 3.78. The molecule has 0 aromatic carbocycles. The summed E-state index contributed by atoms with van der Waals surface area (Å²) >= 11 is 0. The van der Waals surface area contributed by atoms with Gasteiger partial charge in [-0.1, -0.05) is 0 Å². The Morgan fingerprint density at radius 1 is 1.47 bits per heavy atom. The summed E-state index contributed by atoms with van der Waals surface area (Å²) in [6.45, 7) is 5.10. The Kier molecular flexibility index (Phi) is 2.75. The molecule has 0 spiro atoms. The van der Waals surface area contributed by atoms with E-state index in [1.165, 1.54) is 12.8 Å². The van der Waals surface area contributed by atoms with Crippen molar-refractivity contribution in [2.75, 3.05) is 6.54 Å². The predicted molar refractivity (Wildman–Crippen MR) is 60.3 cm³/mol. The SMILES string of the molecule is CC(C)N(CC1CC1)C(=O)C1(N)CCC1. The zero-order valence-corrected chi connectivity index (χ0v) is 9.83. The van der Waals surface area contributed by atoms with Crippen molar-refractivity contribution >= 4 is 5.91 Å². The summed E-state index contributed by atoms with van der Waals surface area (Å²) in [4.78, 5) is 14.2. The Balaban J connectivity index is 1.99. The Morgan fingerprint density at radius 2 is 2.07 bits per heavy atom. The zero-order chi connectivity index (χ0) is 11.1. The molecule has 2 N–H and O–H groups in total. The fourth-order valence-corrected chi connectivity index (χ4v) is 2.16. The number of carbonyl (C=O) groups is 1. The first kappa shape index (κ1) is 10.9. The largest absolute Gasteiger partial charge is 0.338 e. The Morgan fingerprint density at radius 3 is 2.40 bits per heavy atom. The molecule has 0 aliphatic heterocycles. The molecule has 1 amide bonds. The van der Waals surface area contributed by atoms with E-state index >= 15 is 0 Å². The Bertz CT molecular complexity index is 254. The van der Waals surface area contributed by atoms with Crippen molar-refractivity contribution in [3.8, 4) is 0 Å². The molecule has 0 aromatic rings. The van der Waals surface area contributed by atoms with Crippen LogP contribution in [-0.2, 0) is 4.79 Å². The highest BCUT2D eigenvalue weighted by molar-refractivity contribution is 5.87. The van der Waals surface area contributed by atoms with Gasteiger partial charge in [0.15, 0.2) is 0 Å². The number of nitrogens with two attached hydrogens (primary N) is 1. The van der Waals surface area contributed by atoms with E-state index in [1.54, 1.807) is 0 Å². The van der Waals surface area contributed by atoms with Crippen molar-refractivity contribution in [3.05, 3.63) is 0 Å². The van der Waals surface area contributed by atoms with E-state index in [-0.39, 0.29) is 5.91 Å². The van der Waals surface area contributed by atoms with Crippen molar-refractivity contribution < 1.29 is 4.79 Å². The van der Waals surface area contributed by atoms with Crippen LogP contribution >= 0.6 is 0 Å². The maximum atomic E-state index is 12.3. The van der Waals surface area contributed by atoms with E-state index in [0.717, 1.165) is 31.7 Å². The van der Waals surface area contributed by atoms with Gasteiger partial charge in [-0.2, -0.15) is 0 Å². The number of nitrogens with zero attached hydrogens (tertiary/aromatic N) is 1. The monoisotopic (exact) mass is 210 g/mol. The topological polar surface area (TPSA) is 46.3 Å². The van der Waals surface area contributed by atoms with E-state index in [0.29, 0.717) is 6.04 Å². The van der Waals surface area contributed by atoms with Gasteiger partial charge in [0.25, 0.3) is 0 Å². The molecule has 0 atom stereocenters. The second-order valence-electron chi connectivity index (χ2n) is 5.50. The van der Waals surface area contributed by atoms with Gasteiger partial charge in [0.05, 0.1) is 5.54 Å². The van der Waals surface area contributed by atoms with Crippen LogP contribution in [0.3, 0.4) is 0 Å². The van der Waals surface area contributed by atoms with Gasteiger partial charge in [-0.15, -0.1) is 0 Å². The summed E-state index contributed by atoms with van der Waals surface area (Å²) in [5.74, 6) is 0.940. The standard InChI is InChI=1S/C12H22N2O/c1-9(2)14(8-10-4-5-10)11(15)12(13)6-3-7-12/h9-10H,3-8,13H2,1-2H3. The molecule has 15 heavy (non-hydrogen) atoms. The zero-order valence-electron chi connectivity index (χ0n) is 9.83. The number of carbonyl (C=O) groups excluding carboxylic acids is 1. The van der Waals surface area contributed by atoms with Crippen LogP contribution in [-0.4, -0.2) is 28.9 Å². The normalized spacial score (nSPS) is 23.7. The van der Waals surface area contributed by atoms with Crippen LogP contribution in [0.1, 0.15) is 46.0 Å². The number of rotatable bonds is 4. The molecule has 0 unspecified atom stereocenters. The van der Waals surface area contributed by atoms with Gasteiger partial charge in [-0.05, 0) is 51.9 Å². The van der Waals surface area contributed by atoms with Crippen molar-refractivity contribution in [3.63, 3.8) is 0 Å². The van der Waals surface area contributed by atoms with Crippen LogP contribution in [0.4, 0.5) is 0 Å². The quantitative estimate of drug-likeness (QED) is 0.764. The summed E-state index contributed by atoms with van der Waals surface area (Å²) in [6, 6.07) is 0.291.